The van der Waals surface area contributed by atoms with Gasteiger partial charge in [-0.25, -0.2) is 0 Å². The minimum absolute atomic E-state index is 0.0520. The van der Waals surface area contributed by atoms with Crippen molar-refractivity contribution in [2.45, 2.75) is 44.4 Å². The summed E-state index contributed by atoms with van der Waals surface area (Å²) in [5.41, 5.74) is 1.07. The molecule has 2 rings (SSSR count). The molecule has 1 aromatic rings. The predicted octanol–water partition coefficient (Wildman–Crippen LogP) is 3.34. The zero-order chi connectivity index (χ0) is 18.4. The molecule has 1 fully saturated rings. The van der Waals surface area contributed by atoms with E-state index in [1.807, 2.05) is 0 Å². The van der Waals surface area contributed by atoms with Crippen molar-refractivity contribution in [1.29, 1.82) is 0 Å². The number of alkyl halides is 3. The second kappa shape index (κ2) is 8.18. The maximum Gasteiger partial charge on any atom is 0.393 e. The van der Waals surface area contributed by atoms with E-state index in [-0.39, 0.29) is 18.9 Å². The van der Waals surface area contributed by atoms with Gasteiger partial charge in [0, 0.05) is 18.2 Å². The molecule has 1 aliphatic rings. The van der Waals surface area contributed by atoms with Gasteiger partial charge in [-0.2, -0.15) is 13.2 Å². The Morgan fingerprint density at radius 2 is 1.80 bits per heavy atom. The summed E-state index contributed by atoms with van der Waals surface area (Å²) in [5, 5.41) is 5.13. The molecule has 0 spiro atoms. The summed E-state index contributed by atoms with van der Waals surface area (Å²) in [6, 6.07) is 5.50. The predicted molar refractivity (Wildman–Crippen MR) is 87.8 cm³/mol. The van der Waals surface area contributed by atoms with Gasteiger partial charge >= 0.3 is 6.18 Å². The third-order valence-electron chi connectivity index (χ3n) is 4.37. The Hall–Kier alpha value is -2.31. The number of hydrogen-bond acceptors (Lipinski definition) is 2. The van der Waals surface area contributed by atoms with E-state index in [9.17, 15) is 22.8 Å². The Kier molecular flexibility index (Phi) is 6.22. The number of benzene rings is 1. The summed E-state index contributed by atoms with van der Waals surface area (Å²) in [5.74, 6) is -2.31. The fraction of sp³-hybridized carbons (Fsp3) is 0.444. The van der Waals surface area contributed by atoms with Crippen molar-refractivity contribution in [3.63, 3.8) is 0 Å². The highest BCUT2D eigenvalue weighted by atomic mass is 19.4. The number of rotatable bonds is 5. The minimum Gasteiger partial charge on any atom is -0.349 e. The lowest BCUT2D eigenvalue weighted by Crippen LogP contribution is -2.47. The number of hydrogen-bond donors (Lipinski definition) is 2. The van der Waals surface area contributed by atoms with Gasteiger partial charge in [0.25, 0.3) is 5.91 Å². The molecule has 1 saturated carbocycles. The molecular formula is C18H21F3N2O2. The largest absolute Gasteiger partial charge is 0.393 e. The number of halogens is 3. The van der Waals surface area contributed by atoms with E-state index in [4.69, 9.17) is 0 Å². The Morgan fingerprint density at radius 1 is 1.16 bits per heavy atom. The van der Waals surface area contributed by atoms with Gasteiger partial charge in [0.1, 0.15) is 0 Å². The summed E-state index contributed by atoms with van der Waals surface area (Å²) in [7, 11) is 0. The van der Waals surface area contributed by atoms with E-state index in [1.165, 1.54) is 12.1 Å². The van der Waals surface area contributed by atoms with Crippen LogP contribution in [0.5, 0.6) is 0 Å². The second-order valence-corrected chi connectivity index (χ2v) is 6.13. The first kappa shape index (κ1) is 19.0. The molecule has 2 atom stereocenters. The van der Waals surface area contributed by atoms with Crippen LogP contribution in [0.15, 0.2) is 36.9 Å². The zero-order valence-electron chi connectivity index (χ0n) is 13.7. The smallest absolute Gasteiger partial charge is 0.349 e. The van der Waals surface area contributed by atoms with Crippen LogP contribution in [0, 0.1) is 5.92 Å². The molecule has 1 aliphatic carbocycles. The fourth-order valence-electron chi connectivity index (χ4n) is 2.98. The molecule has 0 heterocycles. The zero-order valence-corrected chi connectivity index (χ0v) is 13.7. The lowest BCUT2D eigenvalue weighted by atomic mass is 9.84. The Morgan fingerprint density at radius 3 is 2.40 bits per heavy atom. The van der Waals surface area contributed by atoms with Crippen LogP contribution in [0.4, 0.5) is 13.2 Å². The van der Waals surface area contributed by atoms with Gasteiger partial charge < -0.3 is 10.6 Å². The fourth-order valence-corrected chi connectivity index (χ4v) is 2.98. The van der Waals surface area contributed by atoms with Gasteiger partial charge in [-0.15, -0.1) is 0 Å². The molecule has 0 aromatic heterocycles. The van der Waals surface area contributed by atoms with Crippen LogP contribution in [0.3, 0.4) is 0 Å². The van der Waals surface area contributed by atoms with E-state index < -0.39 is 24.0 Å². The normalized spacial score (nSPS) is 20.6. The Bertz CT molecular complexity index is 626. The highest BCUT2D eigenvalue weighted by Crippen LogP contribution is 2.37. The van der Waals surface area contributed by atoms with Crippen LogP contribution in [0.2, 0.25) is 0 Å². The number of carbonyl (C=O) groups is 2. The maximum absolute atomic E-state index is 13.1. The lowest BCUT2D eigenvalue weighted by Gasteiger charge is -2.33. The highest BCUT2D eigenvalue weighted by molar-refractivity contribution is 5.94. The molecule has 7 heteroatoms. The van der Waals surface area contributed by atoms with Crippen LogP contribution in [0.1, 0.15) is 41.6 Å². The molecule has 136 valence electrons. The second-order valence-electron chi connectivity index (χ2n) is 6.13. The van der Waals surface area contributed by atoms with Crippen molar-refractivity contribution in [3.05, 3.63) is 48.0 Å². The number of amides is 2. The summed E-state index contributed by atoms with van der Waals surface area (Å²) < 4.78 is 39.3. The van der Waals surface area contributed by atoms with E-state index >= 15 is 0 Å². The van der Waals surface area contributed by atoms with E-state index in [2.05, 4.69) is 17.2 Å². The van der Waals surface area contributed by atoms with Crippen LogP contribution >= 0.6 is 0 Å². The molecule has 2 N–H and O–H groups in total. The van der Waals surface area contributed by atoms with Crippen molar-refractivity contribution in [1.82, 2.24) is 10.6 Å². The van der Waals surface area contributed by atoms with Gasteiger partial charge in [-0.3, -0.25) is 9.59 Å². The van der Waals surface area contributed by atoms with Crippen LogP contribution in [-0.4, -0.2) is 24.0 Å². The standard InChI is InChI=1S/C18H21F3N2O2/c1-2-16(24)22-11-12-7-9-13(10-8-12)17(25)23-15-6-4-3-5-14(15)18(19,20)21/h2,7-10,14-15H,1,3-6,11H2,(H,22,24)(H,23,25)/t14-,15+/m1/s1. The van der Waals surface area contributed by atoms with Crippen LogP contribution in [-0.2, 0) is 11.3 Å². The lowest BCUT2D eigenvalue weighted by molar-refractivity contribution is -0.187. The molecule has 0 bridgehead atoms. The molecule has 0 aliphatic heterocycles. The van der Waals surface area contributed by atoms with Crippen molar-refractivity contribution >= 4 is 11.8 Å². The third kappa shape index (κ3) is 5.34. The molecular weight excluding hydrogens is 333 g/mol. The van der Waals surface area contributed by atoms with Crippen molar-refractivity contribution < 1.29 is 22.8 Å². The Balaban J connectivity index is 1.97. The van der Waals surface area contributed by atoms with Gasteiger partial charge in [-0.05, 0) is 36.6 Å². The first-order valence-corrected chi connectivity index (χ1v) is 8.18. The first-order chi connectivity index (χ1) is 11.8. The van der Waals surface area contributed by atoms with E-state index in [0.717, 1.165) is 11.6 Å². The summed E-state index contributed by atoms with van der Waals surface area (Å²) in [6.45, 7) is 3.63. The van der Waals surface area contributed by atoms with Crippen molar-refractivity contribution in [3.8, 4) is 0 Å². The molecule has 2 amide bonds. The highest BCUT2D eigenvalue weighted by Gasteiger charge is 2.45. The molecule has 25 heavy (non-hydrogen) atoms. The third-order valence-corrected chi connectivity index (χ3v) is 4.37. The van der Waals surface area contributed by atoms with Gasteiger partial charge in [-0.1, -0.05) is 31.6 Å². The summed E-state index contributed by atoms with van der Waals surface area (Å²) in [6.07, 6.45) is -1.55. The average Bonchev–Trinajstić information content (AvgIpc) is 2.59. The molecule has 1 aromatic carbocycles. The monoisotopic (exact) mass is 354 g/mol. The van der Waals surface area contributed by atoms with Crippen LogP contribution in [0.25, 0.3) is 0 Å². The summed E-state index contributed by atoms with van der Waals surface area (Å²) >= 11 is 0. The molecule has 0 radical (unpaired) electrons. The van der Waals surface area contributed by atoms with Crippen LogP contribution < -0.4 is 10.6 Å². The number of nitrogens with one attached hydrogen (secondary N) is 2. The SMILES string of the molecule is C=CC(=O)NCc1ccc(C(=O)N[C@H]2CCCC[C@H]2C(F)(F)F)cc1. The van der Waals surface area contributed by atoms with E-state index in [0.29, 0.717) is 24.8 Å². The molecule has 4 nitrogen and oxygen atoms in total. The van der Waals surface area contributed by atoms with Gasteiger partial charge in [0.15, 0.2) is 0 Å². The van der Waals surface area contributed by atoms with Gasteiger partial charge in [0.05, 0.1) is 5.92 Å². The summed E-state index contributed by atoms with van der Waals surface area (Å²) in [4.78, 5) is 23.4. The van der Waals surface area contributed by atoms with Crippen molar-refractivity contribution in [2.24, 2.45) is 5.92 Å². The average molecular weight is 354 g/mol. The molecule has 0 unspecified atom stereocenters. The minimum atomic E-state index is -4.30. The van der Waals surface area contributed by atoms with E-state index in [1.54, 1.807) is 12.1 Å². The maximum atomic E-state index is 13.1. The number of carbonyl (C=O) groups excluding carboxylic acids is 2. The first-order valence-electron chi connectivity index (χ1n) is 8.18. The Labute approximate surface area is 144 Å². The van der Waals surface area contributed by atoms with Crippen molar-refractivity contribution in [2.75, 3.05) is 0 Å². The van der Waals surface area contributed by atoms with Gasteiger partial charge in [0.2, 0.25) is 5.91 Å². The quantitative estimate of drug-likeness (QED) is 0.797. The topological polar surface area (TPSA) is 58.2 Å². The molecule has 0 saturated heterocycles.